The van der Waals surface area contributed by atoms with E-state index in [0.717, 1.165) is 11.1 Å². The van der Waals surface area contributed by atoms with Crippen molar-refractivity contribution in [2.45, 2.75) is 26.7 Å². The third-order valence-electron chi connectivity index (χ3n) is 2.98. The molecule has 2 heteroatoms. The number of rotatable bonds is 0. The van der Waals surface area contributed by atoms with Crippen molar-refractivity contribution < 1.29 is 9.53 Å². The summed E-state index contributed by atoms with van der Waals surface area (Å²) in [6.45, 7) is 7.02. The monoisotopic (exact) mass is 204 g/mol. The van der Waals surface area contributed by atoms with Gasteiger partial charge in [0.2, 0.25) is 0 Å². The highest BCUT2D eigenvalue weighted by molar-refractivity contribution is 5.92. The summed E-state index contributed by atoms with van der Waals surface area (Å²) in [4.78, 5) is 11.5. The molecule has 0 aliphatic carbocycles. The fourth-order valence-electron chi connectivity index (χ4n) is 2.03. The molecule has 0 aromatic heterocycles. The van der Waals surface area contributed by atoms with Crippen LogP contribution in [0.5, 0.6) is 0 Å². The lowest BCUT2D eigenvalue weighted by Crippen LogP contribution is -2.30. The number of hydrogen-bond donors (Lipinski definition) is 0. The summed E-state index contributed by atoms with van der Waals surface area (Å²) in [5, 5.41) is 0. The van der Waals surface area contributed by atoms with Crippen LogP contribution in [0.25, 0.3) is 0 Å². The molecule has 0 radical (unpaired) electrons. The molecule has 1 aromatic rings. The molecule has 2 nitrogen and oxygen atoms in total. The van der Waals surface area contributed by atoms with Crippen molar-refractivity contribution >= 4 is 5.97 Å². The summed E-state index contributed by atoms with van der Waals surface area (Å²) < 4.78 is 5.20. The molecule has 0 spiro atoms. The third-order valence-corrected chi connectivity index (χ3v) is 2.98. The highest BCUT2D eigenvalue weighted by Crippen LogP contribution is 2.39. The van der Waals surface area contributed by atoms with Gasteiger partial charge >= 0.3 is 5.97 Å². The molecular weight excluding hydrogens is 188 g/mol. The number of esters is 1. The van der Waals surface area contributed by atoms with Gasteiger partial charge in [0.1, 0.15) is 0 Å². The molecule has 1 aromatic carbocycles. The number of fused-ring (bicyclic) bond motifs is 1. The number of benzene rings is 1. The Labute approximate surface area is 90.3 Å². The number of carbonyl (C=O) groups excluding carboxylic acids is 1. The van der Waals surface area contributed by atoms with Crippen molar-refractivity contribution in [2.75, 3.05) is 6.61 Å². The quantitative estimate of drug-likeness (QED) is 0.607. The number of carbonyl (C=O) groups is 1. The number of hydrogen-bond acceptors (Lipinski definition) is 2. The van der Waals surface area contributed by atoms with Crippen LogP contribution in [0.15, 0.2) is 24.3 Å². The van der Waals surface area contributed by atoms with Gasteiger partial charge in [-0.3, -0.25) is 0 Å². The smallest absolute Gasteiger partial charge is 0.338 e. The Morgan fingerprint density at radius 1 is 1.27 bits per heavy atom. The average molecular weight is 204 g/mol. The van der Waals surface area contributed by atoms with Gasteiger partial charge < -0.3 is 4.74 Å². The second-order valence-corrected chi connectivity index (χ2v) is 5.10. The van der Waals surface area contributed by atoms with E-state index >= 15 is 0 Å². The molecule has 1 heterocycles. The van der Waals surface area contributed by atoms with Crippen LogP contribution >= 0.6 is 0 Å². The molecule has 0 fully saturated rings. The standard InChI is InChI=1S/C13H16O2/c1-13(2,3)11-8-15-12(14)10-7-5-4-6-9(10)11/h4-7,11H,8H2,1-3H3. The zero-order chi connectivity index (χ0) is 11.1. The van der Waals surface area contributed by atoms with Crippen LogP contribution in [0, 0.1) is 5.41 Å². The second kappa shape index (κ2) is 3.37. The van der Waals surface area contributed by atoms with Crippen LogP contribution in [0.3, 0.4) is 0 Å². The van der Waals surface area contributed by atoms with E-state index in [0.29, 0.717) is 12.5 Å². The van der Waals surface area contributed by atoms with Crippen molar-refractivity contribution in [3.05, 3.63) is 35.4 Å². The summed E-state index contributed by atoms with van der Waals surface area (Å²) in [6, 6.07) is 7.74. The van der Waals surface area contributed by atoms with Crippen LogP contribution in [-0.4, -0.2) is 12.6 Å². The topological polar surface area (TPSA) is 26.3 Å². The molecular formula is C13H16O2. The van der Waals surface area contributed by atoms with E-state index in [1.54, 1.807) is 0 Å². The Morgan fingerprint density at radius 3 is 2.60 bits per heavy atom. The Hall–Kier alpha value is -1.31. The summed E-state index contributed by atoms with van der Waals surface area (Å²) in [5.74, 6) is 0.109. The Bertz CT molecular complexity index is 388. The zero-order valence-corrected chi connectivity index (χ0v) is 9.41. The van der Waals surface area contributed by atoms with E-state index in [1.807, 2.05) is 24.3 Å². The molecule has 1 unspecified atom stereocenters. The molecule has 1 aliphatic rings. The van der Waals surface area contributed by atoms with Gasteiger partial charge in [-0.2, -0.15) is 0 Å². The molecule has 0 bridgehead atoms. The zero-order valence-electron chi connectivity index (χ0n) is 9.41. The first-order valence-corrected chi connectivity index (χ1v) is 5.26. The maximum atomic E-state index is 11.5. The van der Waals surface area contributed by atoms with Gasteiger partial charge in [0.15, 0.2) is 0 Å². The summed E-state index contributed by atoms with van der Waals surface area (Å²) in [7, 11) is 0. The highest BCUT2D eigenvalue weighted by atomic mass is 16.5. The van der Waals surface area contributed by atoms with Crippen LogP contribution in [0.2, 0.25) is 0 Å². The number of cyclic esters (lactones) is 1. The second-order valence-electron chi connectivity index (χ2n) is 5.10. The molecule has 15 heavy (non-hydrogen) atoms. The molecule has 0 amide bonds. The maximum Gasteiger partial charge on any atom is 0.338 e. The van der Waals surface area contributed by atoms with E-state index in [4.69, 9.17) is 4.74 Å². The lowest BCUT2D eigenvalue weighted by Gasteiger charge is -2.34. The van der Waals surface area contributed by atoms with Crippen LogP contribution in [0.4, 0.5) is 0 Å². The molecule has 0 N–H and O–H groups in total. The summed E-state index contributed by atoms with van der Waals surface area (Å²) >= 11 is 0. The predicted octanol–water partition coefficient (Wildman–Crippen LogP) is 2.99. The van der Waals surface area contributed by atoms with E-state index in [9.17, 15) is 4.79 Å². The minimum atomic E-state index is -0.189. The van der Waals surface area contributed by atoms with E-state index in [1.165, 1.54) is 0 Å². The minimum absolute atomic E-state index is 0.122. The lowest BCUT2D eigenvalue weighted by molar-refractivity contribution is 0.0368. The van der Waals surface area contributed by atoms with E-state index in [-0.39, 0.29) is 11.4 Å². The Kier molecular flexibility index (Phi) is 2.29. The largest absolute Gasteiger partial charge is 0.461 e. The molecule has 0 saturated carbocycles. The van der Waals surface area contributed by atoms with Gasteiger partial charge in [-0.05, 0) is 17.0 Å². The normalized spacial score (nSPS) is 20.7. The SMILES string of the molecule is CC(C)(C)C1COC(=O)c2ccccc21. The lowest BCUT2D eigenvalue weighted by atomic mass is 9.74. The van der Waals surface area contributed by atoms with Crippen LogP contribution in [0.1, 0.15) is 42.6 Å². The van der Waals surface area contributed by atoms with Gasteiger partial charge in [-0.1, -0.05) is 39.0 Å². The van der Waals surface area contributed by atoms with Crippen molar-refractivity contribution in [3.63, 3.8) is 0 Å². The highest BCUT2D eigenvalue weighted by Gasteiger charge is 2.34. The van der Waals surface area contributed by atoms with E-state index in [2.05, 4.69) is 20.8 Å². The molecule has 80 valence electrons. The Balaban J connectivity index is 2.50. The van der Waals surface area contributed by atoms with Gasteiger partial charge in [-0.25, -0.2) is 4.79 Å². The fraction of sp³-hybridized carbons (Fsp3) is 0.462. The van der Waals surface area contributed by atoms with Gasteiger partial charge in [0, 0.05) is 5.92 Å². The van der Waals surface area contributed by atoms with Gasteiger partial charge in [0.05, 0.1) is 12.2 Å². The third kappa shape index (κ3) is 1.76. The Morgan fingerprint density at radius 2 is 1.93 bits per heavy atom. The predicted molar refractivity (Wildman–Crippen MR) is 58.9 cm³/mol. The van der Waals surface area contributed by atoms with Crippen molar-refractivity contribution in [3.8, 4) is 0 Å². The van der Waals surface area contributed by atoms with Crippen LogP contribution < -0.4 is 0 Å². The molecule has 0 saturated heterocycles. The van der Waals surface area contributed by atoms with Crippen LogP contribution in [-0.2, 0) is 4.74 Å². The average Bonchev–Trinajstić information content (AvgIpc) is 2.17. The van der Waals surface area contributed by atoms with E-state index < -0.39 is 0 Å². The van der Waals surface area contributed by atoms with Crippen molar-refractivity contribution in [1.82, 2.24) is 0 Å². The fourth-order valence-corrected chi connectivity index (χ4v) is 2.03. The molecule has 2 rings (SSSR count). The first kappa shape index (κ1) is 10.2. The molecule has 1 aliphatic heterocycles. The minimum Gasteiger partial charge on any atom is -0.461 e. The van der Waals surface area contributed by atoms with Gasteiger partial charge in [-0.15, -0.1) is 0 Å². The number of ether oxygens (including phenoxy) is 1. The van der Waals surface area contributed by atoms with Crippen molar-refractivity contribution in [1.29, 1.82) is 0 Å². The summed E-state index contributed by atoms with van der Waals surface area (Å²) in [6.07, 6.45) is 0. The first-order chi connectivity index (χ1) is 7.00. The molecule has 1 atom stereocenters. The maximum absolute atomic E-state index is 11.5. The summed E-state index contributed by atoms with van der Waals surface area (Å²) in [5.41, 5.74) is 1.97. The first-order valence-electron chi connectivity index (χ1n) is 5.26. The van der Waals surface area contributed by atoms with Crippen molar-refractivity contribution in [2.24, 2.45) is 5.41 Å². The van der Waals surface area contributed by atoms with Gasteiger partial charge in [0.25, 0.3) is 0 Å².